The highest BCUT2D eigenvalue weighted by Gasteiger charge is 2.36. The fourth-order valence-electron chi connectivity index (χ4n) is 4.10. The van der Waals surface area contributed by atoms with Crippen molar-refractivity contribution in [1.82, 2.24) is 4.57 Å². The Balaban J connectivity index is 1.94. The summed E-state index contributed by atoms with van der Waals surface area (Å²) in [5.74, 6) is -1.03. The van der Waals surface area contributed by atoms with E-state index in [0.29, 0.717) is 35.3 Å². The number of amides is 1. The van der Waals surface area contributed by atoms with Gasteiger partial charge < -0.3 is 4.90 Å². The van der Waals surface area contributed by atoms with Gasteiger partial charge in [-0.15, -0.1) is 0 Å². The Morgan fingerprint density at radius 3 is 2.29 bits per heavy atom. The summed E-state index contributed by atoms with van der Waals surface area (Å²) in [5.41, 5.74) is 1.06. The Morgan fingerprint density at radius 1 is 1.00 bits per heavy atom. The molecule has 0 aliphatic heterocycles. The molecule has 6 heteroatoms. The molecule has 2 aromatic carbocycles. The molecule has 3 aromatic rings. The number of hydrogen-bond donors (Lipinski definition) is 0. The fourth-order valence-corrected chi connectivity index (χ4v) is 4.10. The van der Waals surface area contributed by atoms with Crippen LogP contribution in [0.25, 0.3) is 5.69 Å². The van der Waals surface area contributed by atoms with Crippen LogP contribution in [-0.2, 0) is 6.42 Å². The number of para-hydroxylation sites is 1. The number of aromatic nitrogens is 1. The molecule has 0 unspecified atom stereocenters. The zero-order chi connectivity index (χ0) is 22.3. The first kappa shape index (κ1) is 20.7. The van der Waals surface area contributed by atoms with E-state index in [9.17, 15) is 18.8 Å². The van der Waals surface area contributed by atoms with E-state index in [1.54, 1.807) is 30.5 Å². The Hall–Kier alpha value is -3.54. The van der Waals surface area contributed by atoms with Gasteiger partial charge in [0.25, 0.3) is 11.5 Å². The standard InChI is InChI=1S/C25H23FN2O3/c1-25(2)13-19-20(21(29)14-25)15-28(18-7-5-4-6-8-18)24(31)22(19)23(30)27(3)17-11-9-16(26)10-12-17/h4-12,15H,13-14H2,1-3H3. The van der Waals surface area contributed by atoms with Gasteiger partial charge in [0.2, 0.25) is 0 Å². The molecular weight excluding hydrogens is 395 g/mol. The molecule has 158 valence electrons. The molecular formula is C25H23FN2O3. The highest BCUT2D eigenvalue weighted by molar-refractivity contribution is 6.09. The number of halogens is 1. The van der Waals surface area contributed by atoms with Gasteiger partial charge in [0.1, 0.15) is 11.4 Å². The predicted molar refractivity (Wildman–Crippen MR) is 118 cm³/mol. The van der Waals surface area contributed by atoms with Gasteiger partial charge >= 0.3 is 0 Å². The lowest BCUT2D eigenvalue weighted by Gasteiger charge is -2.32. The molecule has 5 nitrogen and oxygen atoms in total. The first-order valence-corrected chi connectivity index (χ1v) is 10.1. The van der Waals surface area contributed by atoms with Crippen molar-refractivity contribution in [2.45, 2.75) is 26.7 Å². The molecule has 1 aliphatic carbocycles. The van der Waals surface area contributed by atoms with Crippen molar-refractivity contribution >= 4 is 17.4 Å². The van der Waals surface area contributed by atoms with Crippen LogP contribution in [0.3, 0.4) is 0 Å². The minimum Gasteiger partial charge on any atom is -0.311 e. The van der Waals surface area contributed by atoms with Crippen LogP contribution in [0.5, 0.6) is 0 Å². The van der Waals surface area contributed by atoms with Crippen molar-refractivity contribution in [3.63, 3.8) is 0 Å². The molecule has 0 N–H and O–H groups in total. The van der Waals surface area contributed by atoms with Crippen LogP contribution in [0, 0.1) is 11.2 Å². The monoisotopic (exact) mass is 418 g/mol. The van der Waals surface area contributed by atoms with Gasteiger partial charge in [-0.1, -0.05) is 32.0 Å². The summed E-state index contributed by atoms with van der Waals surface area (Å²) in [6, 6.07) is 14.4. The van der Waals surface area contributed by atoms with Gasteiger partial charge in [-0.25, -0.2) is 4.39 Å². The highest BCUT2D eigenvalue weighted by Crippen LogP contribution is 2.36. The summed E-state index contributed by atoms with van der Waals surface area (Å²) in [5, 5.41) is 0. The third-order valence-electron chi connectivity index (χ3n) is 5.68. The van der Waals surface area contributed by atoms with Crippen molar-refractivity contribution in [3.8, 4) is 5.69 Å². The molecule has 1 aliphatic rings. The van der Waals surface area contributed by atoms with E-state index in [1.807, 2.05) is 19.9 Å². The van der Waals surface area contributed by atoms with Gasteiger partial charge in [0, 0.05) is 36.6 Å². The molecule has 1 amide bonds. The second kappa shape index (κ2) is 7.61. The second-order valence-corrected chi connectivity index (χ2v) is 8.69. The molecule has 4 rings (SSSR count). The normalized spacial score (nSPS) is 14.8. The second-order valence-electron chi connectivity index (χ2n) is 8.69. The maximum atomic E-state index is 13.5. The van der Waals surface area contributed by atoms with Gasteiger partial charge in [-0.2, -0.15) is 0 Å². The SMILES string of the molecule is CN(C(=O)c1c2c(cn(-c3ccccc3)c1=O)C(=O)CC(C)(C)C2)c1ccc(F)cc1. The van der Waals surface area contributed by atoms with Gasteiger partial charge in [-0.3, -0.25) is 19.0 Å². The van der Waals surface area contributed by atoms with Crippen molar-refractivity contribution in [3.05, 3.63) is 93.7 Å². The number of benzene rings is 2. The van der Waals surface area contributed by atoms with E-state index in [0.717, 1.165) is 0 Å². The number of carbonyl (C=O) groups is 2. The van der Waals surface area contributed by atoms with E-state index in [1.165, 1.54) is 40.8 Å². The Kier molecular flexibility index (Phi) is 5.09. The Morgan fingerprint density at radius 2 is 1.65 bits per heavy atom. The molecule has 0 saturated heterocycles. The average Bonchev–Trinajstić information content (AvgIpc) is 2.73. The largest absolute Gasteiger partial charge is 0.311 e. The minimum atomic E-state index is -0.524. The molecule has 0 fully saturated rings. The zero-order valence-corrected chi connectivity index (χ0v) is 17.7. The van der Waals surface area contributed by atoms with Crippen LogP contribution >= 0.6 is 0 Å². The lowest BCUT2D eigenvalue weighted by Crippen LogP contribution is -2.39. The van der Waals surface area contributed by atoms with E-state index in [-0.39, 0.29) is 16.8 Å². The lowest BCUT2D eigenvalue weighted by atomic mass is 9.73. The van der Waals surface area contributed by atoms with Crippen LogP contribution in [0.15, 0.2) is 65.6 Å². The van der Waals surface area contributed by atoms with Crippen LogP contribution < -0.4 is 10.5 Å². The molecule has 0 radical (unpaired) electrons. The first-order valence-electron chi connectivity index (χ1n) is 10.1. The molecule has 0 spiro atoms. The van der Waals surface area contributed by atoms with Crippen LogP contribution in [0.1, 0.15) is 46.5 Å². The Bertz CT molecular complexity index is 1230. The maximum absolute atomic E-state index is 13.5. The predicted octanol–water partition coefficient (Wildman–Crippen LogP) is 4.41. The number of pyridine rings is 1. The smallest absolute Gasteiger partial charge is 0.268 e. The number of nitrogens with zero attached hydrogens (tertiary/aromatic N) is 2. The van der Waals surface area contributed by atoms with Crippen LogP contribution in [0.4, 0.5) is 10.1 Å². The van der Waals surface area contributed by atoms with Crippen LogP contribution in [-0.4, -0.2) is 23.3 Å². The summed E-state index contributed by atoms with van der Waals surface area (Å²) >= 11 is 0. The zero-order valence-electron chi connectivity index (χ0n) is 17.7. The molecule has 31 heavy (non-hydrogen) atoms. The quantitative estimate of drug-likeness (QED) is 0.633. The average molecular weight is 418 g/mol. The lowest BCUT2D eigenvalue weighted by molar-refractivity contribution is 0.0910. The van der Waals surface area contributed by atoms with E-state index >= 15 is 0 Å². The summed E-state index contributed by atoms with van der Waals surface area (Å²) in [6.45, 7) is 3.91. The topological polar surface area (TPSA) is 59.4 Å². The first-order chi connectivity index (χ1) is 14.7. The third-order valence-corrected chi connectivity index (χ3v) is 5.68. The van der Waals surface area contributed by atoms with Crippen LogP contribution in [0.2, 0.25) is 0 Å². The van der Waals surface area contributed by atoms with Crippen molar-refractivity contribution in [1.29, 1.82) is 0 Å². The number of carbonyl (C=O) groups excluding carboxylic acids is 2. The summed E-state index contributed by atoms with van der Waals surface area (Å²) in [6.07, 6.45) is 2.34. The minimum absolute atomic E-state index is 0.0192. The number of ketones is 1. The summed E-state index contributed by atoms with van der Waals surface area (Å²) in [4.78, 5) is 41.3. The number of rotatable bonds is 3. The van der Waals surface area contributed by atoms with E-state index < -0.39 is 17.3 Å². The number of Topliss-reactive ketones (excluding diaryl/α,β-unsaturated/α-hetero) is 1. The van der Waals surface area contributed by atoms with Crippen molar-refractivity contribution in [2.75, 3.05) is 11.9 Å². The summed E-state index contributed by atoms with van der Waals surface area (Å²) in [7, 11) is 1.54. The van der Waals surface area contributed by atoms with Crippen molar-refractivity contribution in [2.24, 2.45) is 5.41 Å². The number of hydrogen-bond acceptors (Lipinski definition) is 3. The molecule has 0 atom stereocenters. The van der Waals surface area contributed by atoms with E-state index in [2.05, 4.69) is 0 Å². The van der Waals surface area contributed by atoms with Gasteiger partial charge in [0.05, 0.1) is 0 Å². The Labute approximate surface area is 179 Å². The fraction of sp³-hybridized carbons (Fsp3) is 0.240. The van der Waals surface area contributed by atoms with Crippen molar-refractivity contribution < 1.29 is 14.0 Å². The number of fused-ring (bicyclic) bond motifs is 1. The third kappa shape index (κ3) is 3.81. The molecule has 1 aromatic heterocycles. The molecule has 0 bridgehead atoms. The number of anilines is 1. The van der Waals surface area contributed by atoms with Gasteiger partial charge in [0.15, 0.2) is 5.78 Å². The summed E-state index contributed by atoms with van der Waals surface area (Å²) < 4.78 is 14.7. The van der Waals surface area contributed by atoms with Gasteiger partial charge in [-0.05, 0) is 53.8 Å². The highest BCUT2D eigenvalue weighted by atomic mass is 19.1. The molecule has 1 heterocycles. The van der Waals surface area contributed by atoms with E-state index in [4.69, 9.17) is 0 Å². The maximum Gasteiger partial charge on any atom is 0.268 e. The molecule has 0 saturated carbocycles.